The summed E-state index contributed by atoms with van der Waals surface area (Å²) in [5.74, 6) is 0.220. The number of allylic oxidation sites excluding steroid dienone is 1. The van der Waals surface area contributed by atoms with E-state index in [2.05, 4.69) is 18.7 Å². The second-order valence-electron chi connectivity index (χ2n) is 4.47. The van der Waals surface area contributed by atoms with Crippen molar-refractivity contribution in [3.8, 4) is 0 Å². The lowest BCUT2D eigenvalue weighted by molar-refractivity contribution is -0.134. The molecule has 0 heterocycles. The van der Waals surface area contributed by atoms with E-state index in [1.807, 2.05) is 49.9 Å². The zero-order chi connectivity index (χ0) is 13.5. The molecular formula is C16H23NO. The Hall–Kier alpha value is -1.57. The Balaban J connectivity index is 2.89. The SMILES string of the molecule is C=C[C@H](c1ccccc1)[C@@H](C)C(=O)N(CC)CC. The average molecular weight is 245 g/mol. The second kappa shape index (κ2) is 7.00. The van der Waals surface area contributed by atoms with Crippen molar-refractivity contribution in [3.63, 3.8) is 0 Å². The molecule has 0 radical (unpaired) electrons. The Labute approximate surface area is 110 Å². The summed E-state index contributed by atoms with van der Waals surface area (Å²) in [6.07, 6.45) is 1.88. The van der Waals surface area contributed by atoms with Gasteiger partial charge in [-0.05, 0) is 19.4 Å². The van der Waals surface area contributed by atoms with Crippen LogP contribution in [0.15, 0.2) is 43.0 Å². The number of amides is 1. The van der Waals surface area contributed by atoms with Crippen LogP contribution in [0.3, 0.4) is 0 Å². The highest BCUT2D eigenvalue weighted by Gasteiger charge is 2.25. The number of carbonyl (C=O) groups is 1. The van der Waals surface area contributed by atoms with Crippen LogP contribution < -0.4 is 0 Å². The molecule has 0 fully saturated rings. The monoisotopic (exact) mass is 245 g/mol. The van der Waals surface area contributed by atoms with E-state index in [9.17, 15) is 4.79 Å². The van der Waals surface area contributed by atoms with Crippen LogP contribution in [-0.4, -0.2) is 23.9 Å². The first-order chi connectivity index (χ1) is 8.65. The number of carbonyl (C=O) groups excluding carboxylic acids is 1. The van der Waals surface area contributed by atoms with Gasteiger partial charge in [-0.1, -0.05) is 43.3 Å². The van der Waals surface area contributed by atoms with Gasteiger partial charge in [-0.15, -0.1) is 6.58 Å². The van der Waals surface area contributed by atoms with Crippen LogP contribution in [0.2, 0.25) is 0 Å². The summed E-state index contributed by atoms with van der Waals surface area (Å²) in [6, 6.07) is 10.1. The van der Waals surface area contributed by atoms with Gasteiger partial charge in [0.25, 0.3) is 0 Å². The lowest BCUT2D eigenvalue weighted by Crippen LogP contribution is -2.36. The predicted octanol–water partition coefficient (Wildman–Crippen LogP) is 3.46. The number of rotatable bonds is 6. The molecule has 98 valence electrons. The van der Waals surface area contributed by atoms with Crippen LogP contribution in [0.4, 0.5) is 0 Å². The van der Waals surface area contributed by atoms with Crippen LogP contribution in [-0.2, 0) is 4.79 Å². The molecule has 0 N–H and O–H groups in total. The minimum Gasteiger partial charge on any atom is -0.343 e. The number of nitrogens with zero attached hydrogens (tertiary/aromatic N) is 1. The van der Waals surface area contributed by atoms with Crippen molar-refractivity contribution >= 4 is 5.91 Å². The number of hydrogen-bond acceptors (Lipinski definition) is 1. The minimum atomic E-state index is -0.0650. The van der Waals surface area contributed by atoms with E-state index < -0.39 is 0 Å². The normalized spacial score (nSPS) is 13.7. The molecule has 2 atom stereocenters. The van der Waals surface area contributed by atoms with Gasteiger partial charge >= 0.3 is 0 Å². The van der Waals surface area contributed by atoms with E-state index in [1.54, 1.807) is 0 Å². The summed E-state index contributed by atoms with van der Waals surface area (Å²) in [6.45, 7) is 11.4. The first-order valence-electron chi connectivity index (χ1n) is 6.61. The molecular weight excluding hydrogens is 222 g/mol. The lowest BCUT2D eigenvalue weighted by Gasteiger charge is -2.27. The van der Waals surface area contributed by atoms with Crippen LogP contribution >= 0.6 is 0 Å². The summed E-state index contributed by atoms with van der Waals surface area (Å²) in [4.78, 5) is 14.2. The third-order valence-corrected chi connectivity index (χ3v) is 3.44. The molecule has 0 unspecified atom stereocenters. The third-order valence-electron chi connectivity index (χ3n) is 3.44. The van der Waals surface area contributed by atoms with Crippen LogP contribution in [0.5, 0.6) is 0 Å². The highest BCUT2D eigenvalue weighted by molar-refractivity contribution is 5.79. The van der Waals surface area contributed by atoms with Gasteiger partial charge in [-0.2, -0.15) is 0 Å². The summed E-state index contributed by atoms with van der Waals surface area (Å²) < 4.78 is 0. The molecule has 1 aromatic carbocycles. The Bertz CT molecular complexity index is 381. The average Bonchev–Trinajstić information content (AvgIpc) is 2.42. The van der Waals surface area contributed by atoms with Crippen molar-refractivity contribution in [1.29, 1.82) is 0 Å². The molecule has 0 aliphatic rings. The molecule has 2 heteroatoms. The van der Waals surface area contributed by atoms with Gasteiger partial charge in [0.1, 0.15) is 0 Å². The fraction of sp³-hybridized carbons (Fsp3) is 0.438. The Morgan fingerprint density at radius 2 is 1.83 bits per heavy atom. The third kappa shape index (κ3) is 3.22. The maximum absolute atomic E-state index is 12.4. The first-order valence-corrected chi connectivity index (χ1v) is 6.61. The Morgan fingerprint density at radius 1 is 1.28 bits per heavy atom. The van der Waals surface area contributed by atoms with E-state index in [-0.39, 0.29) is 17.7 Å². The summed E-state index contributed by atoms with van der Waals surface area (Å²) in [5, 5.41) is 0. The fourth-order valence-corrected chi connectivity index (χ4v) is 2.28. The van der Waals surface area contributed by atoms with Crippen molar-refractivity contribution in [2.24, 2.45) is 5.92 Å². The summed E-state index contributed by atoms with van der Waals surface area (Å²) >= 11 is 0. The van der Waals surface area contributed by atoms with Crippen molar-refractivity contribution in [2.45, 2.75) is 26.7 Å². The quantitative estimate of drug-likeness (QED) is 0.703. The van der Waals surface area contributed by atoms with E-state index >= 15 is 0 Å². The van der Waals surface area contributed by atoms with Gasteiger partial charge < -0.3 is 4.90 Å². The van der Waals surface area contributed by atoms with Gasteiger partial charge in [0.2, 0.25) is 5.91 Å². The molecule has 1 rings (SSSR count). The maximum Gasteiger partial charge on any atom is 0.226 e. The molecule has 0 saturated heterocycles. The van der Waals surface area contributed by atoms with Gasteiger partial charge in [-0.3, -0.25) is 4.79 Å². The topological polar surface area (TPSA) is 20.3 Å². The molecule has 2 nitrogen and oxygen atoms in total. The molecule has 0 spiro atoms. The fourth-order valence-electron chi connectivity index (χ4n) is 2.28. The Morgan fingerprint density at radius 3 is 2.28 bits per heavy atom. The van der Waals surface area contributed by atoms with Gasteiger partial charge in [0.05, 0.1) is 0 Å². The molecule has 0 bridgehead atoms. The molecule has 0 aliphatic heterocycles. The number of benzene rings is 1. The smallest absolute Gasteiger partial charge is 0.226 e. The van der Waals surface area contributed by atoms with E-state index in [1.165, 1.54) is 0 Å². The van der Waals surface area contributed by atoms with E-state index in [0.717, 1.165) is 18.7 Å². The molecule has 1 amide bonds. The van der Waals surface area contributed by atoms with Crippen molar-refractivity contribution in [2.75, 3.05) is 13.1 Å². The summed E-state index contributed by atoms with van der Waals surface area (Å²) in [5.41, 5.74) is 1.15. The molecule has 0 aliphatic carbocycles. The van der Waals surface area contributed by atoms with Crippen molar-refractivity contribution < 1.29 is 4.79 Å². The largest absolute Gasteiger partial charge is 0.343 e. The molecule has 18 heavy (non-hydrogen) atoms. The van der Waals surface area contributed by atoms with Gasteiger partial charge in [0.15, 0.2) is 0 Å². The van der Waals surface area contributed by atoms with Crippen LogP contribution in [0.1, 0.15) is 32.3 Å². The molecule has 0 saturated carbocycles. The number of hydrogen-bond donors (Lipinski definition) is 0. The van der Waals surface area contributed by atoms with Gasteiger partial charge in [0, 0.05) is 24.9 Å². The van der Waals surface area contributed by atoms with Gasteiger partial charge in [-0.25, -0.2) is 0 Å². The standard InChI is InChI=1S/C16H23NO/c1-5-15(14-11-9-8-10-12-14)13(4)16(18)17(6-2)7-3/h5,8-13,15H,1,6-7H2,2-4H3/t13-,15+/m1/s1. The molecule has 0 aromatic heterocycles. The van der Waals surface area contributed by atoms with Crippen LogP contribution in [0.25, 0.3) is 0 Å². The second-order valence-corrected chi connectivity index (χ2v) is 4.47. The van der Waals surface area contributed by atoms with Crippen molar-refractivity contribution in [1.82, 2.24) is 4.90 Å². The molecule has 1 aromatic rings. The van der Waals surface area contributed by atoms with Crippen LogP contribution in [0, 0.1) is 5.92 Å². The summed E-state index contributed by atoms with van der Waals surface area (Å²) in [7, 11) is 0. The zero-order valence-electron chi connectivity index (χ0n) is 11.6. The highest BCUT2D eigenvalue weighted by atomic mass is 16.2. The Kier molecular flexibility index (Phi) is 5.63. The first kappa shape index (κ1) is 14.5. The van der Waals surface area contributed by atoms with E-state index in [0.29, 0.717) is 0 Å². The maximum atomic E-state index is 12.4. The predicted molar refractivity (Wildman–Crippen MR) is 76.5 cm³/mol. The lowest BCUT2D eigenvalue weighted by atomic mass is 9.86. The minimum absolute atomic E-state index is 0.0650. The zero-order valence-corrected chi connectivity index (χ0v) is 11.6. The van der Waals surface area contributed by atoms with E-state index in [4.69, 9.17) is 0 Å². The highest BCUT2D eigenvalue weighted by Crippen LogP contribution is 2.27. The van der Waals surface area contributed by atoms with Crippen molar-refractivity contribution in [3.05, 3.63) is 48.6 Å².